The van der Waals surface area contributed by atoms with Crippen LogP contribution in [0.1, 0.15) is 194 Å². The molecule has 36 heteroatoms. The van der Waals surface area contributed by atoms with Crippen molar-refractivity contribution in [2.45, 2.75) is 287 Å². The number of hydrogen-bond acceptors (Lipinski definition) is 29. The number of aliphatic hydroxyl groups is 2. The number of nitrogens with one attached hydrogen (secondary N) is 15. The van der Waals surface area contributed by atoms with E-state index in [4.69, 9.17) is 11.6 Å². The predicted octanol–water partition coefficient (Wildman–Crippen LogP) is 1.79. The van der Waals surface area contributed by atoms with Crippen LogP contribution in [0, 0.1) is 5.92 Å². The average Bonchev–Trinajstić information content (AvgIpc) is 1.75. The summed E-state index contributed by atoms with van der Waals surface area (Å²) < 4.78 is 0. The van der Waals surface area contributed by atoms with E-state index < -0.39 is 216 Å². The standard InChI is InChI=1S/C95H137N17O19/c1-11-29-71-92(130)107-95(10,93(131)105-77(56-113)81(120)50-79(118)59(5)99-54-84(123)73(108-97)45-63-30-21-19-22-31-63)43-28-18-16-14-12-13-15-17-27-42-94(9,112-111-74(46-64-32-23-20-24-33-64)88(126)89(127)87(61(7)114)106-91(129)76(44-57(2)3)103-62(8)115)85(124)55-100-60(6)82(121)52-102-75(47-65-36-38-67(116)39-37-65)90(128)104-72(48-66-51-101-69-35-26-25-34-68(66)69)80(119)49-78(117)58(4)98-53-83(122)70(109-110-71)40-41-86(96)125/h14,16,19-26,30-39,51,57-61,70-77,87,98-102,108-114,116H,11-13,15,17-18,27-29,40-50,52-56,97H2,1-10H3,(H2,96,125)(H,103,115)(H,104,128)(H,105,131)(H,106,129)(H,107,130)/t58-,59-,60-,61+,70-,71-,72-,73-,74-,75-,76-,77-,87-,94+,95-/m0/s1. The number of phenolic OH excluding ortho intramolecular Hbond substituents is 1. The molecule has 36 nitrogen and oxygen atoms in total. The largest absolute Gasteiger partial charge is 0.508 e. The number of amides is 6. The van der Waals surface area contributed by atoms with Gasteiger partial charge in [0.2, 0.25) is 47.0 Å². The van der Waals surface area contributed by atoms with Crippen LogP contribution in [0.5, 0.6) is 5.75 Å². The first-order valence-electron chi connectivity index (χ1n) is 45.2. The predicted molar refractivity (Wildman–Crippen MR) is 493 cm³/mol. The number of aromatic amines is 1. The maximum atomic E-state index is 15.1. The number of phenols is 1. The Morgan fingerprint density at radius 2 is 1.20 bits per heavy atom. The number of ketones is 10. The SMILES string of the molecule is CCC[C@@H]1NN[C@@H](CCC(N)=O)C(=O)CN[C@@H](C)C(=O)CC(=O)[C@H](Cc2c[nH]c3ccccc23)NC(=O)[C@H](Cc2ccc(O)cc2)NCC(=O)[C@H](C)NCC(=O)[C@](C)(NN[C@@H](Cc2ccccc2)C(=O)C(=O)[C@@H](NC(=O)[C@H](CC(C)C)NC(C)=O)[C@@H](C)O)CCCCCCC=CCCC[C@@](C)(C(=O)N[C@@H](CO)C(=O)CC(=O)[C@H](C)NCC(=O)[C@H](Cc2ccccc2)NN)NC1=O. The van der Waals surface area contributed by atoms with Crippen molar-refractivity contribution < 1.29 is 92.0 Å². The van der Waals surface area contributed by atoms with Crippen LogP contribution in [0.3, 0.4) is 0 Å². The van der Waals surface area contributed by atoms with Crippen LogP contribution < -0.4 is 86.6 Å². The van der Waals surface area contributed by atoms with Crippen LogP contribution in [0.4, 0.5) is 0 Å². The molecular weight excluding hydrogens is 1680 g/mol. The van der Waals surface area contributed by atoms with E-state index in [1.54, 1.807) is 74.6 Å². The van der Waals surface area contributed by atoms with E-state index >= 15 is 4.79 Å². The summed E-state index contributed by atoms with van der Waals surface area (Å²) in [6.45, 7) is 12.6. The van der Waals surface area contributed by atoms with Crippen molar-refractivity contribution in [2.24, 2.45) is 17.5 Å². The number of H-pyrrole nitrogens is 1. The third-order valence-corrected chi connectivity index (χ3v) is 23.4. The van der Waals surface area contributed by atoms with E-state index in [-0.39, 0.29) is 94.6 Å². The number of aromatic nitrogens is 1. The molecule has 0 fully saturated rings. The van der Waals surface area contributed by atoms with Crippen molar-refractivity contribution in [2.75, 3.05) is 32.8 Å². The fraction of sp³-hybridized carbons (Fsp3) is 0.537. The van der Waals surface area contributed by atoms with Gasteiger partial charge in [0.1, 0.15) is 29.4 Å². The Hall–Kier alpha value is -11.0. The molecule has 6 rings (SSSR count). The number of hydrogen-bond donors (Lipinski definition) is 20. The first-order chi connectivity index (χ1) is 62.3. The molecule has 0 aliphatic carbocycles. The second-order valence-corrected chi connectivity index (χ2v) is 34.9. The first kappa shape index (κ1) is 109. The Morgan fingerprint density at radius 3 is 1.82 bits per heavy atom. The number of allylic oxidation sites excluding steroid dienone is 2. The van der Waals surface area contributed by atoms with Gasteiger partial charge in [0, 0.05) is 36.9 Å². The Labute approximate surface area is 765 Å². The molecule has 15 atom stereocenters. The van der Waals surface area contributed by atoms with Crippen LogP contribution in [0.2, 0.25) is 0 Å². The summed E-state index contributed by atoms with van der Waals surface area (Å²) in [5, 5.41) is 57.8. The number of hydrazine groups is 3. The number of fused-ring (bicyclic) bond motifs is 1. The highest BCUT2D eigenvalue weighted by Gasteiger charge is 2.42. The van der Waals surface area contributed by atoms with Crippen molar-refractivity contribution in [3.8, 4) is 5.75 Å². The minimum Gasteiger partial charge on any atom is -0.508 e. The molecule has 0 unspecified atom stereocenters. The van der Waals surface area contributed by atoms with Crippen LogP contribution in [0.15, 0.2) is 128 Å². The molecule has 6 amide bonds. The van der Waals surface area contributed by atoms with Gasteiger partial charge in [0.05, 0.1) is 112 Å². The van der Waals surface area contributed by atoms with Gasteiger partial charge in [-0.1, -0.05) is 150 Å². The zero-order valence-electron chi connectivity index (χ0n) is 76.9. The fourth-order valence-electron chi connectivity index (χ4n) is 15.0. The van der Waals surface area contributed by atoms with Crippen LogP contribution in [0.25, 0.3) is 10.9 Å². The summed E-state index contributed by atoms with van der Waals surface area (Å²) in [7, 11) is 0. The summed E-state index contributed by atoms with van der Waals surface area (Å²) in [4.78, 5) is 229. The number of carbonyl (C=O) groups is 16. The van der Waals surface area contributed by atoms with Crippen molar-refractivity contribution in [1.29, 1.82) is 0 Å². The Bertz CT molecular complexity index is 4680. The Balaban J connectivity index is 1.33. The van der Waals surface area contributed by atoms with E-state index in [2.05, 4.69) is 80.0 Å². The van der Waals surface area contributed by atoms with Gasteiger partial charge in [0.15, 0.2) is 46.3 Å². The summed E-state index contributed by atoms with van der Waals surface area (Å²) in [6, 6.07) is 15.7. The maximum absolute atomic E-state index is 15.1. The number of nitrogens with two attached hydrogens (primary N) is 2. The lowest BCUT2D eigenvalue weighted by molar-refractivity contribution is -0.142. The molecule has 0 spiro atoms. The molecule has 2 heterocycles. The van der Waals surface area contributed by atoms with Gasteiger partial charge in [-0.05, 0) is 165 Å². The van der Waals surface area contributed by atoms with Gasteiger partial charge in [0.25, 0.3) is 0 Å². The van der Waals surface area contributed by atoms with Crippen molar-refractivity contribution in [3.05, 3.63) is 150 Å². The minimum absolute atomic E-state index is 0.0688. The van der Waals surface area contributed by atoms with E-state index in [9.17, 15) is 87.2 Å². The first-order valence-corrected chi connectivity index (χ1v) is 45.2. The summed E-state index contributed by atoms with van der Waals surface area (Å²) in [6.07, 6.45) is 5.76. The summed E-state index contributed by atoms with van der Waals surface area (Å²) in [5.74, 6) is -6.21. The molecule has 5 aromatic rings. The normalized spacial score (nSPS) is 22.3. The van der Waals surface area contributed by atoms with Gasteiger partial charge in [-0.2, -0.15) is 0 Å². The number of carbonyl (C=O) groups excluding carboxylic acids is 16. The van der Waals surface area contributed by atoms with E-state index in [0.717, 1.165) is 5.56 Å². The van der Waals surface area contributed by atoms with E-state index in [1.165, 1.54) is 53.7 Å². The molecule has 1 aromatic heterocycles. The third-order valence-electron chi connectivity index (χ3n) is 23.4. The van der Waals surface area contributed by atoms with Gasteiger partial charge < -0.3 is 68.6 Å². The maximum Gasteiger partial charge on any atom is 0.246 e. The monoisotopic (exact) mass is 1820 g/mol. The number of aliphatic hydroxyl groups excluding tert-OH is 2. The molecular formula is C95H137N17O19. The van der Waals surface area contributed by atoms with Gasteiger partial charge in [-0.3, -0.25) is 87.9 Å². The molecule has 131 heavy (non-hydrogen) atoms. The topological polar surface area (TPSA) is 570 Å². The zero-order valence-corrected chi connectivity index (χ0v) is 76.9. The number of benzene rings is 4. The molecule has 0 saturated carbocycles. The smallest absolute Gasteiger partial charge is 0.246 e. The van der Waals surface area contributed by atoms with E-state index in [0.29, 0.717) is 72.5 Å². The number of rotatable bonds is 37. The van der Waals surface area contributed by atoms with Crippen LogP contribution in [-0.2, 0) is 102 Å². The number of Topliss-reactive ketones (excluding diaryl/α,β-unsaturated/α-hetero) is 10. The molecule has 0 radical (unpaired) electrons. The summed E-state index contributed by atoms with van der Waals surface area (Å²) >= 11 is 0. The Morgan fingerprint density at radius 1 is 0.588 bits per heavy atom. The fourth-order valence-corrected chi connectivity index (χ4v) is 15.0. The van der Waals surface area contributed by atoms with Crippen LogP contribution >= 0.6 is 0 Å². The third kappa shape index (κ3) is 36.6. The van der Waals surface area contributed by atoms with Crippen molar-refractivity contribution >= 4 is 104 Å². The molecule has 1 aliphatic heterocycles. The Kier molecular flexibility index (Phi) is 46.0. The zero-order chi connectivity index (χ0) is 96.5. The molecule has 1 aliphatic rings. The number of primary amides is 1. The lowest BCUT2D eigenvalue weighted by atomic mass is 9.89. The van der Waals surface area contributed by atoms with Crippen LogP contribution in [-0.4, -0.2) is 236 Å². The molecule has 0 saturated heterocycles. The second kappa shape index (κ2) is 55.4. The quantitative estimate of drug-likeness (QED) is 0.00886. The van der Waals surface area contributed by atoms with Gasteiger partial charge >= 0.3 is 0 Å². The highest BCUT2D eigenvalue weighted by molar-refractivity contribution is 6.41. The average molecular weight is 1820 g/mol. The number of para-hydroxylation sites is 1. The van der Waals surface area contributed by atoms with Gasteiger partial charge in [-0.15, -0.1) is 0 Å². The second-order valence-electron chi connectivity index (χ2n) is 34.9. The molecule has 716 valence electrons. The van der Waals surface area contributed by atoms with Gasteiger partial charge in [-0.25, -0.2) is 27.1 Å². The minimum atomic E-state index is -1.85. The molecule has 0 bridgehead atoms. The lowest BCUT2D eigenvalue weighted by Crippen LogP contribution is -2.64. The molecule has 4 aromatic carbocycles. The number of aromatic hydroxyl groups is 1. The molecule has 22 N–H and O–H groups in total. The summed E-state index contributed by atoms with van der Waals surface area (Å²) in [5.41, 5.74) is 19.8. The highest BCUT2D eigenvalue weighted by atomic mass is 16.3. The van der Waals surface area contributed by atoms with E-state index in [1.807, 2.05) is 68.5 Å². The highest BCUT2D eigenvalue weighted by Crippen LogP contribution is 2.24. The van der Waals surface area contributed by atoms with Crippen molar-refractivity contribution in [1.82, 2.24) is 80.0 Å². The van der Waals surface area contributed by atoms with Crippen molar-refractivity contribution in [3.63, 3.8) is 0 Å². The lowest BCUT2D eigenvalue weighted by Gasteiger charge is -2.33.